The highest BCUT2D eigenvalue weighted by molar-refractivity contribution is 7.45. The summed E-state index contributed by atoms with van der Waals surface area (Å²) in [5, 5.41) is 13.7. The Morgan fingerprint density at radius 3 is 1.51 bits per heavy atom. The maximum Gasteiger partial charge on any atom is 0.268 e. The number of aliphatic hydroxyl groups is 1. The van der Waals surface area contributed by atoms with Crippen LogP contribution in [0, 0.1) is 0 Å². The molecule has 354 valence electrons. The van der Waals surface area contributed by atoms with Crippen LogP contribution >= 0.6 is 7.82 Å². The van der Waals surface area contributed by atoms with E-state index in [1.54, 1.807) is 6.08 Å². The van der Waals surface area contributed by atoms with Gasteiger partial charge in [-0.2, -0.15) is 0 Å². The van der Waals surface area contributed by atoms with Gasteiger partial charge >= 0.3 is 0 Å². The van der Waals surface area contributed by atoms with E-state index in [2.05, 4.69) is 67.8 Å². The molecule has 0 heterocycles. The van der Waals surface area contributed by atoms with E-state index < -0.39 is 26.6 Å². The fourth-order valence-electron chi connectivity index (χ4n) is 6.77. The van der Waals surface area contributed by atoms with Crippen LogP contribution < -0.4 is 10.2 Å². The molecule has 0 radical (unpaired) electrons. The number of hydrogen-bond acceptors (Lipinski definition) is 6. The predicted molar refractivity (Wildman–Crippen MR) is 260 cm³/mol. The van der Waals surface area contributed by atoms with Crippen LogP contribution in [0.15, 0.2) is 72.9 Å². The lowest BCUT2D eigenvalue weighted by Crippen LogP contribution is -2.45. The Kier molecular flexibility index (Phi) is 41.7. The molecule has 0 spiro atoms. The molecule has 0 aliphatic heterocycles. The number of phosphoric ester groups is 1. The monoisotopic (exact) mass is 875 g/mol. The predicted octanol–water partition coefficient (Wildman–Crippen LogP) is 13.7. The van der Waals surface area contributed by atoms with Gasteiger partial charge < -0.3 is 28.8 Å². The van der Waals surface area contributed by atoms with Crippen molar-refractivity contribution in [3.63, 3.8) is 0 Å². The highest BCUT2D eigenvalue weighted by Gasteiger charge is 2.23. The lowest BCUT2D eigenvalue weighted by molar-refractivity contribution is -0.870. The molecule has 1 amide bonds. The molecule has 0 aliphatic carbocycles. The molecular formula is C52H95N2O6P. The highest BCUT2D eigenvalue weighted by Crippen LogP contribution is 2.38. The van der Waals surface area contributed by atoms with Gasteiger partial charge in [0, 0.05) is 6.42 Å². The van der Waals surface area contributed by atoms with Crippen LogP contribution in [0.1, 0.15) is 200 Å². The summed E-state index contributed by atoms with van der Waals surface area (Å²) in [6.45, 7) is 4.45. The molecule has 0 aromatic heterocycles. The molecule has 61 heavy (non-hydrogen) atoms. The molecule has 9 heteroatoms. The quantitative estimate of drug-likeness (QED) is 0.0273. The Bertz CT molecular complexity index is 1220. The van der Waals surface area contributed by atoms with E-state index >= 15 is 0 Å². The molecule has 0 saturated carbocycles. The maximum absolute atomic E-state index is 12.8. The topological polar surface area (TPSA) is 108 Å². The fraction of sp³-hybridized carbons (Fsp3) is 0.750. The van der Waals surface area contributed by atoms with Gasteiger partial charge in [0.25, 0.3) is 7.82 Å². The first kappa shape index (κ1) is 58.9. The number of quaternary nitrogens is 1. The van der Waals surface area contributed by atoms with E-state index in [4.69, 9.17) is 9.05 Å². The lowest BCUT2D eigenvalue weighted by atomic mass is 10.0. The van der Waals surface area contributed by atoms with Crippen LogP contribution in [0.2, 0.25) is 0 Å². The number of allylic oxidation sites excluding steroid dienone is 11. The Balaban J connectivity index is 4.35. The second-order valence-electron chi connectivity index (χ2n) is 17.8. The Hall–Kier alpha value is -2.06. The molecule has 0 aliphatic rings. The number of unbranched alkanes of at least 4 members (excludes halogenated alkanes) is 21. The Morgan fingerprint density at radius 2 is 1.02 bits per heavy atom. The number of amides is 1. The summed E-state index contributed by atoms with van der Waals surface area (Å²) in [6.07, 6.45) is 58.6. The van der Waals surface area contributed by atoms with E-state index in [-0.39, 0.29) is 18.9 Å². The third-order valence-corrected chi connectivity index (χ3v) is 11.6. The van der Waals surface area contributed by atoms with Crippen molar-refractivity contribution < 1.29 is 32.9 Å². The third kappa shape index (κ3) is 45.8. The zero-order valence-electron chi connectivity index (χ0n) is 40.1. The number of carbonyl (C=O) groups is 1. The number of phosphoric acid groups is 1. The molecule has 2 N–H and O–H groups in total. The first-order chi connectivity index (χ1) is 29.5. The van der Waals surface area contributed by atoms with E-state index in [1.807, 2.05) is 39.4 Å². The molecule has 0 saturated heterocycles. The van der Waals surface area contributed by atoms with Crippen LogP contribution in [0.25, 0.3) is 0 Å². The van der Waals surface area contributed by atoms with Crippen LogP contribution in [0.3, 0.4) is 0 Å². The normalized spacial score (nSPS) is 14.8. The summed E-state index contributed by atoms with van der Waals surface area (Å²) < 4.78 is 23.2. The number of aliphatic hydroxyl groups excluding tert-OH is 1. The summed E-state index contributed by atoms with van der Waals surface area (Å²) in [5.41, 5.74) is 0. The van der Waals surface area contributed by atoms with Crippen molar-refractivity contribution in [2.75, 3.05) is 40.9 Å². The molecule has 3 unspecified atom stereocenters. The van der Waals surface area contributed by atoms with Gasteiger partial charge in [-0.25, -0.2) is 0 Å². The van der Waals surface area contributed by atoms with E-state index in [1.165, 1.54) is 128 Å². The van der Waals surface area contributed by atoms with Gasteiger partial charge in [-0.3, -0.25) is 9.36 Å². The van der Waals surface area contributed by atoms with Gasteiger partial charge in [-0.15, -0.1) is 0 Å². The van der Waals surface area contributed by atoms with Gasteiger partial charge in [0.2, 0.25) is 5.91 Å². The second kappa shape index (κ2) is 43.2. The van der Waals surface area contributed by atoms with E-state index in [0.717, 1.165) is 44.9 Å². The number of likely N-dealkylation sites (N-methyl/N-ethyl adjacent to an activating group) is 1. The van der Waals surface area contributed by atoms with Crippen molar-refractivity contribution in [2.24, 2.45) is 0 Å². The SMILES string of the molecule is CC/C=C\C/C=C\C/C=C\C/C=C\CCC(=O)NC(COP(=O)([O-])OCC[N+](C)(C)C)C(O)/C=C/CC/C=C/CCCCCCCCCCCCCCCCCCCCCC. The fourth-order valence-corrected chi connectivity index (χ4v) is 7.49. The van der Waals surface area contributed by atoms with Gasteiger partial charge in [-0.1, -0.05) is 209 Å². The zero-order chi connectivity index (χ0) is 45.0. The minimum Gasteiger partial charge on any atom is -0.756 e. The maximum atomic E-state index is 12.8. The zero-order valence-corrected chi connectivity index (χ0v) is 41.0. The molecular weight excluding hydrogens is 780 g/mol. The van der Waals surface area contributed by atoms with E-state index in [0.29, 0.717) is 17.4 Å². The van der Waals surface area contributed by atoms with Gasteiger partial charge in [0.15, 0.2) is 0 Å². The van der Waals surface area contributed by atoms with Gasteiger partial charge in [-0.05, 0) is 57.8 Å². The summed E-state index contributed by atoms with van der Waals surface area (Å²) in [6, 6.07) is -0.944. The minimum atomic E-state index is -4.62. The number of hydrogen-bond donors (Lipinski definition) is 2. The number of nitrogens with one attached hydrogen (secondary N) is 1. The first-order valence-corrected chi connectivity index (χ1v) is 26.3. The molecule has 0 aromatic rings. The summed E-state index contributed by atoms with van der Waals surface area (Å²) in [5.74, 6) is -0.289. The van der Waals surface area contributed by atoms with Crippen molar-refractivity contribution in [2.45, 2.75) is 212 Å². The van der Waals surface area contributed by atoms with Gasteiger partial charge in [0.1, 0.15) is 13.2 Å². The van der Waals surface area contributed by atoms with Crippen LogP contribution in [-0.4, -0.2) is 68.5 Å². The Labute approximate surface area is 376 Å². The lowest BCUT2D eigenvalue weighted by Gasteiger charge is -2.29. The second-order valence-corrected chi connectivity index (χ2v) is 19.2. The Morgan fingerprint density at radius 1 is 0.590 bits per heavy atom. The largest absolute Gasteiger partial charge is 0.756 e. The third-order valence-electron chi connectivity index (χ3n) is 10.7. The average molecular weight is 875 g/mol. The van der Waals surface area contributed by atoms with Crippen LogP contribution in [0.4, 0.5) is 0 Å². The van der Waals surface area contributed by atoms with Crippen molar-refractivity contribution in [1.29, 1.82) is 0 Å². The molecule has 0 aromatic carbocycles. The van der Waals surface area contributed by atoms with Crippen molar-refractivity contribution in [3.8, 4) is 0 Å². The van der Waals surface area contributed by atoms with Crippen molar-refractivity contribution >= 4 is 13.7 Å². The molecule has 0 bridgehead atoms. The average Bonchev–Trinajstić information content (AvgIpc) is 3.21. The highest BCUT2D eigenvalue weighted by atomic mass is 31.2. The van der Waals surface area contributed by atoms with Crippen molar-refractivity contribution in [1.82, 2.24) is 5.32 Å². The number of nitrogens with zero attached hydrogens (tertiary/aromatic N) is 1. The minimum absolute atomic E-state index is 0.0221. The summed E-state index contributed by atoms with van der Waals surface area (Å²) in [4.78, 5) is 25.3. The first-order valence-electron chi connectivity index (χ1n) is 24.8. The standard InChI is InChI=1S/C52H95N2O6P/c1-6-8-10-12-14-16-18-20-21-22-23-24-25-26-27-28-29-30-31-32-34-35-37-39-41-43-45-51(55)50(49-60-61(57,58)59-48-47-54(3,4)5)53-52(56)46-44-42-40-38-36-33-19-17-15-13-11-9-7-2/h9,11,15,17,33,35-37,40,42-43,45,50-51,55H,6-8,10,12-14,16,18-32,34,38-39,41,44,46-49H2,1-5H3,(H-,53,56,57,58)/b11-9-,17-15-,36-33-,37-35+,42-40-,45-43+. The molecule has 0 fully saturated rings. The molecule has 8 nitrogen and oxygen atoms in total. The van der Waals surface area contributed by atoms with Gasteiger partial charge in [0.05, 0.1) is 39.9 Å². The molecule has 0 rings (SSSR count). The van der Waals surface area contributed by atoms with Crippen LogP contribution in [0.5, 0.6) is 0 Å². The summed E-state index contributed by atoms with van der Waals surface area (Å²) >= 11 is 0. The summed E-state index contributed by atoms with van der Waals surface area (Å²) in [7, 11) is 1.19. The van der Waals surface area contributed by atoms with Crippen LogP contribution in [-0.2, 0) is 18.4 Å². The van der Waals surface area contributed by atoms with E-state index in [9.17, 15) is 19.4 Å². The van der Waals surface area contributed by atoms with Crippen molar-refractivity contribution in [3.05, 3.63) is 72.9 Å². The number of rotatable bonds is 44. The molecule has 3 atom stereocenters. The number of carbonyl (C=O) groups excluding carboxylic acids is 1. The smallest absolute Gasteiger partial charge is 0.268 e.